The number of hydrogen-bond donors (Lipinski definition) is 1. The minimum Gasteiger partial charge on any atom is -0.397 e. The quantitative estimate of drug-likeness (QED) is 0.662. The molecule has 66 valence electrons. The minimum absolute atomic E-state index is 0.751. The van der Waals surface area contributed by atoms with Crippen LogP contribution >= 0.6 is 0 Å². The van der Waals surface area contributed by atoms with Gasteiger partial charge in [0.15, 0.2) is 0 Å². The van der Waals surface area contributed by atoms with E-state index >= 15 is 0 Å². The number of nitrogens with zero attached hydrogens (tertiary/aromatic N) is 1. The van der Waals surface area contributed by atoms with E-state index in [9.17, 15) is 0 Å². The van der Waals surface area contributed by atoms with Crippen molar-refractivity contribution < 1.29 is 0 Å². The molecular weight excluding hydrogens is 160 g/mol. The number of aromatic nitrogens is 1. The Bertz CT molecular complexity index is 461. The summed E-state index contributed by atoms with van der Waals surface area (Å²) in [5, 5.41) is 2.21. The highest BCUT2D eigenvalue weighted by atomic mass is 14.7. The Morgan fingerprint density at radius 1 is 1.08 bits per heavy atom. The zero-order valence-electron chi connectivity index (χ0n) is 7.83. The summed E-state index contributed by atoms with van der Waals surface area (Å²) in [6, 6.07) is 4.23. The third-order valence-corrected chi connectivity index (χ3v) is 2.40. The van der Waals surface area contributed by atoms with E-state index < -0.39 is 0 Å². The largest absolute Gasteiger partial charge is 0.397 e. The molecule has 0 radical (unpaired) electrons. The lowest BCUT2D eigenvalue weighted by Crippen LogP contribution is -1.90. The SMILES string of the molecule is Cc1cc2cncc(N)c2cc1C. The van der Waals surface area contributed by atoms with Crippen LogP contribution in [0.25, 0.3) is 10.8 Å². The standard InChI is InChI=1S/C11H12N2/c1-7-3-9-5-13-6-11(12)10(9)4-8(7)2/h3-6H,12H2,1-2H3. The van der Waals surface area contributed by atoms with Crippen LogP contribution in [0.5, 0.6) is 0 Å². The highest BCUT2D eigenvalue weighted by Crippen LogP contribution is 2.22. The molecular formula is C11H12N2. The van der Waals surface area contributed by atoms with Crippen LogP contribution in [-0.2, 0) is 0 Å². The number of hydrogen-bond acceptors (Lipinski definition) is 2. The van der Waals surface area contributed by atoms with Crippen molar-refractivity contribution in [3.63, 3.8) is 0 Å². The normalized spacial score (nSPS) is 10.6. The van der Waals surface area contributed by atoms with Crippen LogP contribution in [0.2, 0.25) is 0 Å². The molecule has 13 heavy (non-hydrogen) atoms. The lowest BCUT2D eigenvalue weighted by molar-refractivity contribution is 1.33. The second-order valence-electron chi connectivity index (χ2n) is 3.39. The molecule has 0 saturated carbocycles. The van der Waals surface area contributed by atoms with Gasteiger partial charge in [0.1, 0.15) is 0 Å². The van der Waals surface area contributed by atoms with E-state index in [0.717, 1.165) is 16.5 Å². The van der Waals surface area contributed by atoms with Crippen LogP contribution in [0.3, 0.4) is 0 Å². The zero-order chi connectivity index (χ0) is 9.42. The summed E-state index contributed by atoms with van der Waals surface area (Å²) in [6.45, 7) is 4.19. The molecule has 2 N–H and O–H groups in total. The van der Waals surface area contributed by atoms with E-state index in [2.05, 4.69) is 31.0 Å². The van der Waals surface area contributed by atoms with Crippen molar-refractivity contribution in [3.8, 4) is 0 Å². The van der Waals surface area contributed by atoms with Gasteiger partial charge in [0, 0.05) is 17.0 Å². The third kappa shape index (κ3) is 1.24. The van der Waals surface area contributed by atoms with Gasteiger partial charge in [-0.15, -0.1) is 0 Å². The first-order valence-electron chi connectivity index (χ1n) is 4.29. The molecule has 1 heterocycles. The summed E-state index contributed by atoms with van der Waals surface area (Å²) >= 11 is 0. The van der Waals surface area contributed by atoms with Gasteiger partial charge in [-0.1, -0.05) is 0 Å². The lowest BCUT2D eigenvalue weighted by Gasteiger charge is -2.05. The second kappa shape index (κ2) is 2.73. The Morgan fingerprint density at radius 3 is 2.54 bits per heavy atom. The smallest absolute Gasteiger partial charge is 0.0580 e. The van der Waals surface area contributed by atoms with Gasteiger partial charge in [-0.25, -0.2) is 0 Å². The van der Waals surface area contributed by atoms with Crippen molar-refractivity contribution >= 4 is 16.5 Å². The van der Waals surface area contributed by atoms with E-state index in [-0.39, 0.29) is 0 Å². The van der Waals surface area contributed by atoms with Crippen molar-refractivity contribution in [2.75, 3.05) is 5.73 Å². The van der Waals surface area contributed by atoms with Crippen molar-refractivity contribution in [1.82, 2.24) is 4.98 Å². The zero-order valence-corrected chi connectivity index (χ0v) is 7.83. The van der Waals surface area contributed by atoms with Gasteiger partial charge < -0.3 is 5.73 Å². The first-order valence-corrected chi connectivity index (χ1v) is 4.29. The molecule has 2 rings (SSSR count). The van der Waals surface area contributed by atoms with E-state index in [1.807, 2.05) is 6.20 Å². The van der Waals surface area contributed by atoms with E-state index in [0.29, 0.717) is 0 Å². The molecule has 0 spiro atoms. The van der Waals surface area contributed by atoms with Crippen LogP contribution < -0.4 is 5.73 Å². The van der Waals surface area contributed by atoms with Gasteiger partial charge >= 0.3 is 0 Å². The maximum absolute atomic E-state index is 5.81. The average molecular weight is 172 g/mol. The fourth-order valence-corrected chi connectivity index (χ4v) is 1.46. The average Bonchev–Trinajstić information content (AvgIpc) is 2.09. The molecule has 2 aromatic rings. The summed E-state index contributed by atoms with van der Waals surface area (Å²) in [4.78, 5) is 4.06. The molecule has 0 atom stereocenters. The summed E-state index contributed by atoms with van der Waals surface area (Å²) in [5.74, 6) is 0. The van der Waals surface area contributed by atoms with E-state index in [1.165, 1.54) is 11.1 Å². The maximum atomic E-state index is 5.81. The van der Waals surface area contributed by atoms with Crippen molar-refractivity contribution in [3.05, 3.63) is 35.7 Å². The molecule has 0 aliphatic rings. The molecule has 2 heteroatoms. The Hall–Kier alpha value is -1.57. The molecule has 0 unspecified atom stereocenters. The van der Waals surface area contributed by atoms with E-state index in [4.69, 9.17) is 5.73 Å². The molecule has 2 nitrogen and oxygen atoms in total. The monoisotopic (exact) mass is 172 g/mol. The first-order chi connectivity index (χ1) is 6.18. The number of pyridine rings is 1. The lowest BCUT2D eigenvalue weighted by atomic mass is 10.0. The number of aryl methyl sites for hydroxylation is 2. The predicted octanol–water partition coefficient (Wildman–Crippen LogP) is 2.43. The topological polar surface area (TPSA) is 38.9 Å². The van der Waals surface area contributed by atoms with Crippen molar-refractivity contribution in [2.24, 2.45) is 0 Å². The Labute approximate surface area is 77.4 Å². The maximum Gasteiger partial charge on any atom is 0.0580 e. The first kappa shape index (κ1) is 8.05. The molecule has 1 aromatic carbocycles. The number of anilines is 1. The number of rotatable bonds is 0. The van der Waals surface area contributed by atoms with Gasteiger partial charge in [0.05, 0.1) is 11.9 Å². The van der Waals surface area contributed by atoms with Crippen LogP contribution in [-0.4, -0.2) is 4.98 Å². The number of fused-ring (bicyclic) bond motifs is 1. The number of nitrogen functional groups attached to an aromatic ring is 1. The molecule has 0 amide bonds. The summed E-state index contributed by atoms with van der Waals surface area (Å²) in [5.41, 5.74) is 9.11. The fraction of sp³-hybridized carbons (Fsp3) is 0.182. The number of nitrogens with two attached hydrogens (primary N) is 1. The van der Waals surface area contributed by atoms with Crippen molar-refractivity contribution in [1.29, 1.82) is 0 Å². The van der Waals surface area contributed by atoms with E-state index in [1.54, 1.807) is 6.20 Å². The molecule has 1 aromatic heterocycles. The van der Waals surface area contributed by atoms with Gasteiger partial charge in [-0.3, -0.25) is 4.98 Å². The summed E-state index contributed by atoms with van der Waals surface area (Å²) in [6.07, 6.45) is 3.54. The van der Waals surface area contributed by atoms with Crippen molar-refractivity contribution in [2.45, 2.75) is 13.8 Å². The molecule has 0 aliphatic carbocycles. The van der Waals surface area contributed by atoms with Crippen LogP contribution in [0.15, 0.2) is 24.5 Å². The van der Waals surface area contributed by atoms with Gasteiger partial charge in [-0.2, -0.15) is 0 Å². The molecule has 0 aliphatic heterocycles. The fourth-order valence-electron chi connectivity index (χ4n) is 1.46. The molecule has 0 saturated heterocycles. The summed E-state index contributed by atoms with van der Waals surface area (Å²) in [7, 11) is 0. The highest BCUT2D eigenvalue weighted by molar-refractivity contribution is 5.92. The molecule has 0 fully saturated rings. The van der Waals surface area contributed by atoms with Crippen LogP contribution in [0.4, 0.5) is 5.69 Å². The second-order valence-corrected chi connectivity index (χ2v) is 3.39. The third-order valence-electron chi connectivity index (χ3n) is 2.40. The minimum atomic E-state index is 0.751. The summed E-state index contributed by atoms with van der Waals surface area (Å²) < 4.78 is 0. The van der Waals surface area contributed by atoms with Crippen LogP contribution in [0.1, 0.15) is 11.1 Å². The Balaban J connectivity index is 2.89. The molecule has 0 bridgehead atoms. The Kier molecular flexibility index (Phi) is 1.69. The van der Waals surface area contributed by atoms with Crippen LogP contribution in [0, 0.1) is 13.8 Å². The van der Waals surface area contributed by atoms with Gasteiger partial charge in [-0.05, 0) is 37.1 Å². The van der Waals surface area contributed by atoms with Gasteiger partial charge in [0.2, 0.25) is 0 Å². The Morgan fingerprint density at radius 2 is 1.77 bits per heavy atom. The number of benzene rings is 1. The highest BCUT2D eigenvalue weighted by Gasteiger charge is 2.00. The van der Waals surface area contributed by atoms with Gasteiger partial charge in [0.25, 0.3) is 0 Å². The predicted molar refractivity (Wildman–Crippen MR) is 55.6 cm³/mol.